The van der Waals surface area contributed by atoms with Crippen LogP contribution in [0.15, 0.2) is 103 Å². The van der Waals surface area contributed by atoms with Gasteiger partial charge in [-0.05, 0) is 48.6 Å². The second-order valence-electron chi connectivity index (χ2n) is 7.93. The fraction of sp³-hybridized carbons (Fsp3) is 0.103. The third-order valence-corrected chi connectivity index (χ3v) is 5.63. The van der Waals surface area contributed by atoms with Gasteiger partial charge in [-0.1, -0.05) is 96.6 Å². The largest absolute Gasteiger partial charge is 0.228 e. The molecule has 31 heavy (non-hydrogen) atoms. The van der Waals surface area contributed by atoms with Gasteiger partial charge in [0, 0.05) is 11.1 Å². The van der Waals surface area contributed by atoms with E-state index in [1.807, 2.05) is 6.07 Å². The van der Waals surface area contributed by atoms with Crippen molar-refractivity contribution in [2.75, 3.05) is 0 Å². The molecule has 1 aliphatic carbocycles. The highest BCUT2D eigenvalue weighted by Crippen LogP contribution is 2.30. The van der Waals surface area contributed by atoms with Gasteiger partial charge in [0.2, 0.25) is 0 Å². The monoisotopic (exact) mass is 400 g/mol. The van der Waals surface area contributed by atoms with Crippen LogP contribution in [-0.2, 0) is 0 Å². The molecule has 0 atom stereocenters. The van der Waals surface area contributed by atoms with Gasteiger partial charge in [0.1, 0.15) is 0 Å². The minimum Gasteiger partial charge on any atom is -0.228 e. The first-order valence-electron chi connectivity index (χ1n) is 10.7. The number of nitrogens with zero attached hydrogens (tertiary/aromatic N) is 2. The normalized spacial score (nSPS) is 13.1. The Morgan fingerprint density at radius 1 is 0.645 bits per heavy atom. The van der Waals surface area contributed by atoms with Crippen LogP contribution in [0.1, 0.15) is 24.1 Å². The maximum atomic E-state index is 4.96. The van der Waals surface area contributed by atoms with Crippen LogP contribution < -0.4 is 0 Å². The zero-order valence-electron chi connectivity index (χ0n) is 17.6. The number of hydrogen-bond acceptors (Lipinski definition) is 2. The first-order valence-corrected chi connectivity index (χ1v) is 10.7. The zero-order chi connectivity index (χ0) is 21.0. The van der Waals surface area contributed by atoms with Crippen molar-refractivity contribution in [2.24, 2.45) is 0 Å². The van der Waals surface area contributed by atoms with Crippen molar-refractivity contribution >= 4 is 5.57 Å². The maximum absolute atomic E-state index is 4.96. The molecule has 0 aliphatic heterocycles. The SMILES string of the molecule is Cc1cccc(-c2nc(C3=CC=CCC3)cc(-c3ccc(-c4ccccc4)cc3)n2)c1. The van der Waals surface area contributed by atoms with Gasteiger partial charge in [0.15, 0.2) is 5.82 Å². The molecule has 1 aliphatic rings. The summed E-state index contributed by atoms with van der Waals surface area (Å²) in [6, 6.07) is 29.6. The van der Waals surface area contributed by atoms with Gasteiger partial charge < -0.3 is 0 Å². The van der Waals surface area contributed by atoms with Crippen LogP contribution in [0.2, 0.25) is 0 Å². The minimum atomic E-state index is 0.777. The first kappa shape index (κ1) is 19.2. The summed E-state index contributed by atoms with van der Waals surface area (Å²) in [5.74, 6) is 0.777. The highest BCUT2D eigenvalue weighted by molar-refractivity contribution is 5.74. The van der Waals surface area contributed by atoms with E-state index in [4.69, 9.17) is 9.97 Å². The summed E-state index contributed by atoms with van der Waals surface area (Å²) in [6.45, 7) is 2.10. The molecular weight excluding hydrogens is 376 g/mol. The smallest absolute Gasteiger partial charge is 0.160 e. The van der Waals surface area contributed by atoms with Crippen molar-refractivity contribution in [3.8, 4) is 33.8 Å². The Morgan fingerprint density at radius 3 is 2.10 bits per heavy atom. The molecule has 4 aromatic rings. The van der Waals surface area contributed by atoms with Crippen LogP contribution in [0, 0.1) is 6.92 Å². The lowest BCUT2D eigenvalue weighted by atomic mass is 9.99. The van der Waals surface area contributed by atoms with E-state index < -0.39 is 0 Å². The molecule has 0 saturated carbocycles. The predicted octanol–water partition coefficient (Wildman–Crippen LogP) is 7.52. The summed E-state index contributed by atoms with van der Waals surface area (Å²) >= 11 is 0. The Kier molecular flexibility index (Phi) is 5.28. The average Bonchev–Trinajstić information content (AvgIpc) is 2.85. The molecule has 0 spiro atoms. The third-order valence-electron chi connectivity index (χ3n) is 5.63. The minimum absolute atomic E-state index is 0.777. The molecule has 2 nitrogen and oxygen atoms in total. The number of allylic oxidation sites excluding steroid dienone is 4. The lowest BCUT2D eigenvalue weighted by Gasteiger charge is -2.13. The average molecular weight is 401 g/mol. The molecule has 2 heteroatoms. The highest BCUT2D eigenvalue weighted by Gasteiger charge is 2.13. The summed E-state index contributed by atoms with van der Waals surface area (Å²) < 4.78 is 0. The zero-order valence-corrected chi connectivity index (χ0v) is 17.6. The van der Waals surface area contributed by atoms with Gasteiger partial charge in [0.25, 0.3) is 0 Å². The summed E-state index contributed by atoms with van der Waals surface area (Å²) in [4.78, 5) is 9.90. The Balaban J connectivity index is 1.59. The van der Waals surface area contributed by atoms with Gasteiger partial charge in [0.05, 0.1) is 11.4 Å². The van der Waals surface area contributed by atoms with E-state index in [9.17, 15) is 0 Å². The van der Waals surface area contributed by atoms with E-state index in [2.05, 4.69) is 104 Å². The Bertz CT molecular complexity index is 1270. The van der Waals surface area contributed by atoms with Crippen molar-refractivity contribution in [2.45, 2.75) is 19.8 Å². The molecule has 5 rings (SSSR count). The highest BCUT2D eigenvalue weighted by atomic mass is 14.9. The number of hydrogen-bond donors (Lipinski definition) is 0. The van der Waals surface area contributed by atoms with Crippen LogP contribution in [0.5, 0.6) is 0 Å². The van der Waals surface area contributed by atoms with Crippen LogP contribution in [-0.4, -0.2) is 9.97 Å². The van der Waals surface area contributed by atoms with Crippen molar-refractivity contribution in [3.05, 3.63) is 114 Å². The molecule has 0 radical (unpaired) electrons. The van der Waals surface area contributed by atoms with Crippen molar-refractivity contribution in [1.82, 2.24) is 9.97 Å². The van der Waals surface area contributed by atoms with Gasteiger partial charge in [-0.2, -0.15) is 0 Å². The lowest BCUT2D eigenvalue weighted by molar-refractivity contribution is 1.03. The molecule has 150 valence electrons. The van der Waals surface area contributed by atoms with Crippen molar-refractivity contribution in [1.29, 1.82) is 0 Å². The predicted molar refractivity (Wildman–Crippen MR) is 129 cm³/mol. The number of rotatable bonds is 4. The van der Waals surface area contributed by atoms with E-state index in [0.29, 0.717) is 0 Å². The Labute approximate surface area is 183 Å². The molecule has 0 N–H and O–H groups in total. The second kappa shape index (κ2) is 8.53. The standard InChI is InChI=1S/C29H24N2/c1-21-9-8-14-26(19-21)29-30-27(24-12-6-3-7-13-24)20-28(31-29)25-17-15-23(16-18-25)22-10-4-2-5-11-22/h2-6,8-12,14-20H,7,13H2,1H3. The number of aryl methyl sites for hydroxylation is 1. The summed E-state index contributed by atoms with van der Waals surface area (Å²) in [5, 5.41) is 0. The maximum Gasteiger partial charge on any atom is 0.160 e. The molecule has 0 bridgehead atoms. The number of benzene rings is 3. The molecular formula is C29H24N2. The fourth-order valence-corrected chi connectivity index (χ4v) is 3.95. The van der Waals surface area contributed by atoms with Gasteiger partial charge in [-0.3, -0.25) is 0 Å². The Morgan fingerprint density at radius 2 is 1.35 bits per heavy atom. The molecule has 1 aromatic heterocycles. The summed E-state index contributed by atoms with van der Waals surface area (Å²) in [6.07, 6.45) is 8.56. The van der Waals surface area contributed by atoms with Crippen LogP contribution in [0.3, 0.4) is 0 Å². The fourth-order valence-electron chi connectivity index (χ4n) is 3.95. The van der Waals surface area contributed by atoms with Crippen molar-refractivity contribution in [3.63, 3.8) is 0 Å². The van der Waals surface area contributed by atoms with E-state index >= 15 is 0 Å². The van der Waals surface area contributed by atoms with Gasteiger partial charge in [-0.25, -0.2) is 9.97 Å². The van der Waals surface area contributed by atoms with Gasteiger partial charge in [-0.15, -0.1) is 0 Å². The Hall–Kier alpha value is -3.78. The quantitative estimate of drug-likeness (QED) is 0.354. The van der Waals surface area contributed by atoms with Gasteiger partial charge >= 0.3 is 0 Å². The third kappa shape index (κ3) is 4.24. The van der Waals surface area contributed by atoms with E-state index in [1.54, 1.807) is 0 Å². The second-order valence-corrected chi connectivity index (χ2v) is 7.93. The van der Waals surface area contributed by atoms with E-state index in [-0.39, 0.29) is 0 Å². The van der Waals surface area contributed by atoms with Crippen LogP contribution in [0.25, 0.3) is 39.3 Å². The summed E-state index contributed by atoms with van der Waals surface area (Å²) in [5.41, 5.74) is 9.02. The van der Waals surface area contributed by atoms with Crippen molar-refractivity contribution < 1.29 is 0 Å². The van der Waals surface area contributed by atoms with E-state index in [0.717, 1.165) is 41.2 Å². The first-order chi connectivity index (χ1) is 15.3. The molecule has 0 fully saturated rings. The molecule has 1 heterocycles. The molecule has 0 saturated heterocycles. The summed E-state index contributed by atoms with van der Waals surface area (Å²) in [7, 11) is 0. The van der Waals surface area contributed by atoms with Crippen LogP contribution >= 0.6 is 0 Å². The molecule has 3 aromatic carbocycles. The molecule has 0 amide bonds. The molecule has 0 unspecified atom stereocenters. The number of aromatic nitrogens is 2. The lowest BCUT2D eigenvalue weighted by Crippen LogP contribution is -1.99. The topological polar surface area (TPSA) is 25.8 Å². The van der Waals surface area contributed by atoms with Crippen LogP contribution in [0.4, 0.5) is 0 Å². The van der Waals surface area contributed by atoms with E-state index in [1.165, 1.54) is 22.3 Å².